The van der Waals surface area contributed by atoms with Crippen LogP contribution in [0.3, 0.4) is 0 Å². The Morgan fingerprint density at radius 1 is 1.44 bits per heavy atom. The van der Waals surface area contributed by atoms with Gasteiger partial charge in [-0.1, -0.05) is 17.7 Å². The van der Waals surface area contributed by atoms with Crippen LogP contribution in [0.1, 0.15) is 30.8 Å². The molecule has 1 amide bonds. The second-order valence-corrected chi connectivity index (χ2v) is 11.5. The number of fused-ring (bicyclic) bond motifs is 1. The lowest BCUT2D eigenvalue weighted by molar-refractivity contribution is 0.0957. The maximum Gasteiger partial charge on any atom is 0.277 e. The topological polar surface area (TPSA) is 121 Å². The van der Waals surface area contributed by atoms with Crippen LogP contribution in [0.15, 0.2) is 35.7 Å². The molecule has 0 aromatic carbocycles. The lowest BCUT2D eigenvalue weighted by Gasteiger charge is -2.48. The fourth-order valence-electron chi connectivity index (χ4n) is 4.19. The first-order valence-electron chi connectivity index (χ1n) is 9.77. The fourth-order valence-corrected chi connectivity index (χ4v) is 6.45. The zero-order chi connectivity index (χ0) is 23.5. The van der Waals surface area contributed by atoms with Crippen LogP contribution < -0.4 is 10.6 Å². The molecule has 4 rings (SSSR count). The Labute approximate surface area is 188 Å². The van der Waals surface area contributed by atoms with E-state index in [9.17, 15) is 17.6 Å². The van der Waals surface area contributed by atoms with Gasteiger partial charge in [-0.25, -0.2) is 22.2 Å². The summed E-state index contributed by atoms with van der Waals surface area (Å²) in [4.78, 5) is 16.2. The van der Waals surface area contributed by atoms with E-state index in [1.54, 1.807) is 0 Å². The molecule has 0 saturated carbocycles. The number of halogens is 3. The van der Waals surface area contributed by atoms with Crippen molar-refractivity contribution in [3.63, 3.8) is 0 Å². The highest BCUT2D eigenvalue weighted by molar-refractivity contribution is 7.94. The maximum atomic E-state index is 15.1. The molecule has 3 aliphatic rings. The quantitative estimate of drug-likeness (QED) is 0.601. The van der Waals surface area contributed by atoms with Crippen molar-refractivity contribution in [1.29, 1.82) is 5.41 Å². The first-order chi connectivity index (χ1) is 14.9. The van der Waals surface area contributed by atoms with Crippen LogP contribution in [0.2, 0.25) is 5.02 Å². The molecule has 8 nitrogen and oxygen atoms in total. The molecule has 0 bridgehead atoms. The molecule has 2 fully saturated rings. The summed E-state index contributed by atoms with van der Waals surface area (Å²) in [5.41, 5.74) is -1.77. The van der Waals surface area contributed by atoms with Gasteiger partial charge in [-0.05, 0) is 31.6 Å². The smallest absolute Gasteiger partial charge is 0.277 e. The molecule has 2 aliphatic heterocycles. The van der Waals surface area contributed by atoms with Gasteiger partial charge in [-0.15, -0.1) is 0 Å². The number of nitrogens with zero attached hydrogens (tertiary/aromatic N) is 1. The minimum absolute atomic E-state index is 0.0275. The maximum absolute atomic E-state index is 15.1. The predicted octanol–water partition coefficient (Wildman–Crippen LogP) is 2.07. The van der Waals surface area contributed by atoms with Gasteiger partial charge in [0.1, 0.15) is 27.5 Å². The van der Waals surface area contributed by atoms with Crippen molar-refractivity contribution in [3.8, 4) is 0 Å². The number of hydrogen-bond donors (Lipinski definition) is 3. The third kappa shape index (κ3) is 3.34. The van der Waals surface area contributed by atoms with E-state index in [1.165, 1.54) is 26.0 Å². The summed E-state index contributed by atoms with van der Waals surface area (Å²) in [6.45, 7) is 2.53. The Kier molecular flexibility index (Phi) is 5.42. The van der Waals surface area contributed by atoms with Gasteiger partial charge in [0, 0.05) is 18.3 Å². The molecule has 12 heteroatoms. The highest BCUT2D eigenvalue weighted by atomic mass is 35.5. The summed E-state index contributed by atoms with van der Waals surface area (Å²) in [5, 5.41) is 12.6. The minimum Gasteiger partial charge on any atom is -0.377 e. The van der Waals surface area contributed by atoms with Gasteiger partial charge < -0.3 is 15.4 Å². The molecule has 3 heterocycles. The van der Waals surface area contributed by atoms with Crippen molar-refractivity contribution in [3.05, 3.63) is 52.2 Å². The van der Waals surface area contributed by atoms with Gasteiger partial charge in [0.05, 0.1) is 18.2 Å². The van der Waals surface area contributed by atoms with Crippen molar-refractivity contribution >= 4 is 33.2 Å². The zero-order valence-electron chi connectivity index (χ0n) is 17.2. The van der Waals surface area contributed by atoms with E-state index in [0.29, 0.717) is 0 Å². The summed E-state index contributed by atoms with van der Waals surface area (Å²) in [6, 6.07) is 0.946. The van der Waals surface area contributed by atoms with E-state index in [4.69, 9.17) is 21.7 Å². The normalized spacial score (nSPS) is 30.6. The molecular formula is C20H21ClF2N4O4S. The van der Waals surface area contributed by atoms with Crippen molar-refractivity contribution in [2.75, 3.05) is 13.2 Å². The Morgan fingerprint density at radius 3 is 2.84 bits per heavy atom. The molecule has 3 atom stereocenters. The Morgan fingerprint density at radius 2 is 2.16 bits per heavy atom. The van der Waals surface area contributed by atoms with Crippen molar-refractivity contribution in [1.82, 2.24) is 15.6 Å². The van der Waals surface area contributed by atoms with E-state index in [-0.39, 0.29) is 41.8 Å². The average molecular weight is 487 g/mol. The van der Waals surface area contributed by atoms with E-state index in [2.05, 4.69) is 15.6 Å². The third-order valence-electron chi connectivity index (χ3n) is 6.17. The number of rotatable bonds is 3. The van der Waals surface area contributed by atoms with E-state index < -0.39 is 49.0 Å². The highest BCUT2D eigenvalue weighted by Gasteiger charge is 2.64. The molecule has 32 heavy (non-hydrogen) atoms. The molecule has 2 saturated heterocycles. The number of amidine groups is 1. The van der Waals surface area contributed by atoms with E-state index in [0.717, 1.165) is 12.3 Å². The van der Waals surface area contributed by atoms with Gasteiger partial charge in [0.2, 0.25) is 0 Å². The van der Waals surface area contributed by atoms with E-state index in [1.807, 2.05) is 0 Å². The van der Waals surface area contributed by atoms with Gasteiger partial charge in [0.25, 0.3) is 5.91 Å². The highest BCUT2D eigenvalue weighted by Crippen LogP contribution is 2.44. The van der Waals surface area contributed by atoms with Gasteiger partial charge in [-0.2, -0.15) is 0 Å². The number of carbonyl (C=O) groups excluding carboxylic acids is 1. The van der Waals surface area contributed by atoms with Crippen molar-refractivity contribution in [2.45, 2.75) is 42.0 Å². The fraction of sp³-hybridized carbons (Fsp3) is 0.450. The van der Waals surface area contributed by atoms with Crippen LogP contribution in [0.25, 0.3) is 0 Å². The number of sulfone groups is 1. The number of hydrogen-bond acceptors (Lipinski definition) is 6. The lowest BCUT2D eigenvalue weighted by atomic mass is 9.80. The second-order valence-electron chi connectivity index (χ2n) is 8.43. The van der Waals surface area contributed by atoms with Crippen LogP contribution in [0, 0.1) is 11.2 Å². The molecule has 1 aliphatic carbocycles. The van der Waals surface area contributed by atoms with Crippen molar-refractivity contribution in [2.24, 2.45) is 0 Å². The average Bonchev–Trinajstić information content (AvgIpc) is 3.14. The zero-order valence-corrected chi connectivity index (χ0v) is 18.8. The van der Waals surface area contributed by atoms with Crippen molar-refractivity contribution < 1.29 is 26.7 Å². The molecule has 172 valence electrons. The largest absolute Gasteiger partial charge is 0.377 e. The summed E-state index contributed by atoms with van der Waals surface area (Å²) in [6.07, 6.45) is 2.13. The number of alkyl halides is 1. The summed E-state index contributed by atoms with van der Waals surface area (Å²) < 4.78 is 59.6. The first kappa shape index (κ1) is 22.8. The van der Waals surface area contributed by atoms with Gasteiger partial charge in [0.15, 0.2) is 21.3 Å². The summed E-state index contributed by atoms with van der Waals surface area (Å²) in [7, 11) is -3.91. The molecule has 0 radical (unpaired) electrons. The summed E-state index contributed by atoms with van der Waals surface area (Å²) >= 11 is 5.66. The number of carbonyl (C=O) groups is 1. The van der Waals surface area contributed by atoms with Crippen LogP contribution in [0.5, 0.6) is 0 Å². The lowest BCUT2D eigenvalue weighted by Crippen LogP contribution is -2.72. The Hall–Kier alpha value is -2.37. The van der Waals surface area contributed by atoms with Gasteiger partial charge in [-0.3, -0.25) is 10.2 Å². The number of pyridine rings is 1. The Balaban J connectivity index is 1.69. The number of allylic oxidation sites excluding steroid dienone is 2. The molecule has 3 N–H and O–H groups in total. The second kappa shape index (κ2) is 7.60. The van der Waals surface area contributed by atoms with Crippen LogP contribution >= 0.6 is 11.6 Å². The molecule has 0 unspecified atom stereocenters. The van der Waals surface area contributed by atoms with Crippen LogP contribution in [-0.2, 0) is 14.6 Å². The number of aromatic nitrogens is 1. The molecule has 1 aromatic rings. The SMILES string of the molecule is CC1(C)C(=N)N[C@@]2(C3=CC(NC(=O)c4ncc(Cl)cc4F)=CC[C@@H]3F)COC[C@H]2S1(=O)=O. The predicted molar refractivity (Wildman–Crippen MR) is 114 cm³/mol. The molecule has 1 aromatic heterocycles. The number of ether oxygens (including phenoxy) is 1. The van der Waals surface area contributed by atoms with Crippen LogP contribution in [-0.4, -0.2) is 60.1 Å². The summed E-state index contributed by atoms with van der Waals surface area (Å²) in [5.74, 6) is -2.05. The third-order valence-corrected chi connectivity index (χ3v) is 9.29. The molecule has 0 spiro atoms. The monoisotopic (exact) mass is 486 g/mol. The van der Waals surface area contributed by atoms with Crippen LogP contribution in [0.4, 0.5) is 8.78 Å². The van der Waals surface area contributed by atoms with Gasteiger partial charge >= 0.3 is 0 Å². The Bertz CT molecular complexity index is 1180. The first-order valence-corrected chi connectivity index (χ1v) is 11.7. The molecular weight excluding hydrogens is 466 g/mol. The standard InChI is InChI=1S/C20H21ClF2N4O4S/c1-19(2)18(24)27-20(9-31-8-15(20)32(19,29)30)12-6-11(3-4-13(12)22)26-17(28)16-14(23)5-10(21)7-25-16/h3,5-7,13,15H,4,8-9H2,1-2H3,(H2,24,27)(H,26,28)/t13-,15+,20+/m0/s1. The number of nitrogens with one attached hydrogen (secondary N) is 3. The van der Waals surface area contributed by atoms with E-state index >= 15 is 4.39 Å². The minimum atomic E-state index is -3.91. The number of amides is 1.